The van der Waals surface area contributed by atoms with Crippen LogP contribution < -0.4 is 5.32 Å². The lowest BCUT2D eigenvalue weighted by Crippen LogP contribution is -2.14. The van der Waals surface area contributed by atoms with Crippen LogP contribution in [0.1, 0.15) is 60.8 Å². The van der Waals surface area contributed by atoms with Gasteiger partial charge in [0.2, 0.25) is 0 Å². The highest BCUT2D eigenvalue weighted by molar-refractivity contribution is 5.30. The Labute approximate surface area is 128 Å². The molecule has 0 fully saturated rings. The summed E-state index contributed by atoms with van der Waals surface area (Å²) in [7, 11) is 1.99. The Morgan fingerprint density at radius 2 is 1.71 bits per heavy atom. The van der Waals surface area contributed by atoms with E-state index >= 15 is 0 Å². The van der Waals surface area contributed by atoms with Crippen LogP contribution in [0.15, 0.2) is 24.3 Å². The van der Waals surface area contributed by atoms with Crippen molar-refractivity contribution in [1.29, 1.82) is 0 Å². The molecule has 2 rings (SSSR count). The molecule has 0 radical (unpaired) electrons. The minimum absolute atomic E-state index is 0.335. The third kappa shape index (κ3) is 3.35. The van der Waals surface area contributed by atoms with Gasteiger partial charge in [0.05, 0.1) is 12.2 Å². The fourth-order valence-electron chi connectivity index (χ4n) is 2.82. The number of rotatable bonds is 5. The maximum absolute atomic E-state index is 4.71. The lowest BCUT2D eigenvalue weighted by Gasteiger charge is -2.12. The van der Waals surface area contributed by atoms with Gasteiger partial charge < -0.3 is 5.32 Å². The SMILES string of the molecule is CNC(C)c1c(C)nn(Cc2ccc(C(C)C)cc2)c1C. The molecule has 3 nitrogen and oxygen atoms in total. The molecule has 2 aromatic rings. The van der Waals surface area contributed by atoms with Gasteiger partial charge in [-0.15, -0.1) is 0 Å². The lowest BCUT2D eigenvalue weighted by molar-refractivity contribution is 0.632. The molecule has 1 heterocycles. The van der Waals surface area contributed by atoms with Gasteiger partial charge in [-0.2, -0.15) is 5.10 Å². The number of hydrogen-bond acceptors (Lipinski definition) is 2. The number of hydrogen-bond donors (Lipinski definition) is 1. The molecule has 0 saturated heterocycles. The van der Waals surface area contributed by atoms with E-state index in [-0.39, 0.29) is 0 Å². The molecule has 1 unspecified atom stereocenters. The van der Waals surface area contributed by atoms with Crippen molar-refractivity contribution in [3.63, 3.8) is 0 Å². The maximum Gasteiger partial charge on any atom is 0.0662 e. The quantitative estimate of drug-likeness (QED) is 0.901. The van der Waals surface area contributed by atoms with Crippen molar-refractivity contribution >= 4 is 0 Å². The Morgan fingerprint density at radius 3 is 2.24 bits per heavy atom. The molecule has 0 aliphatic carbocycles. The number of nitrogens with one attached hydrogen (secondary N) is 1. The highest BCUT2D eigenvalue weighted by Gasteiger charge is 2.16. The van der Waals surface area contributed by atoms with E-state index in [1.165, 1.54) is 22.4 Å². The van der Waals surface area contributed by atoms with Gasteiger partial charge in [0.15, 0.2) is 0 Å². The van der Waals surface area contributed by atoms with Gasteiger partial charge in [0.25, 0.3) is 0 Å². The van der Waals surface area contributed by atoms with Crippen LogP contribution in [-0.2, 0) is 6.54 Å². The van der Waals surface area contributed by atoms with E-state index in [1.54, 1.807) is 0 Å². The highest BCUT2D eigenvalue weighted by atomic mass is 15.3. The monoisotopic (exact) mass is 285 g/mol. The van der Waals surface area contributed by atoms with E-state index in [1.807, 2.05) is 7.05 Å². The van der Waals surface area contributed by atoms with Gasteiger partial charge in [-0.25, -0.2) is 0 Å². The summed E-state index contributed by atoms with van der Waals surface area (Å²) in [5, 5.41) is 8.02. The molecule has 114 valence electrons. The van der Waals surface area contributed by atoms with E-state index in [9.17, 15) is 0 Å². The average Bonchev–Trinajstić information content (AvgIpc) is 2.73. The zero-order valence-corrected chi connectivity index (χ0v) is 14.1. The Morgan fingerprint density at radius 1 is 1.10 bits per heavy atom. The molecule has 0 spiro atoms. The van der Waals surface area contributed by atoms with Gasteiger partial charge in [-0.3, -0.25) is 4.68 Å². The molecule has 1 aromatic heterocycles. The first-order chi connectivity index (χ1) is 9.93. The topological polar surface area (TPSA) is 29.9 Å². The predicted octanol–water partition coefficient (Wildman–Crippen LogP) is 3.95. The first-order valence-corrected chi connectivity index (χ1v) is 7.74. The molecular weight excluding hydrogens is 258 g/mol. The van der Waals surface area contributed by atoms with Gasteiger partial charge in [0, 0.05) is 17.3 Å². The maximum atomic E-state index is 4.71. The van der Waals surface area contributed by atoms with Crippen LogP contribution in [0.5, 0.6) is 0 Å². The van der Waals surface area contributed by atoms with E-state index < -0.39 is 0 Å². The third-order valence-corrected chi connectivity index (χ3v) is 4.28. The second-order valence-corrected chi connectivity index (χ2v) is 6.15. The van der Waals surface area contributed by atoms with Crippen molar-refractivity contribution in [3.8, 4) is 0 Å². The smallest absolute Gasteiger partial charge is 0.0662 e. The van der Waals surface area contributed by atoms with E-state index in [2.05, 4.69) is 68.9 Å². The number of aromatic nitrogens is 2. The average molecular weight is 285 g/mol. The molecule has 0 amide bonds. The fourth-order valence-corrected chi connectivity index (χ4v) is 2.82. The Kier molecular flexibility index (Phi) is 4.84. The number of benzene rings is 1. The summed E-state index contributed by atoms with van der Waals surface area (Å²) in [6.07, 6.45) is 0. The zero-order chi connectivity index (χ0) is 15.6. The van der Waals surface area contributed by atoms with Gasteiger partial charge in [-0.1, -0.05) is 38.1 Å². The molecule has 1 atom stereocenters. The van der Waals surface area contributed by atoms with Crippen LogP contribution in [0.3, 0.4) is 0 Å². The summed E-state index contributed by atoms with van der Waals surface area (Å²) < 4.78 is 2.11. The largest absolute Gasteiger partial charge is 0.313 e. The Balaban J connectivity index is 2.24. The predicted molar refractivity (Wildman–Crippen MR) is 88.8 cm³/mol. The minimum Gasteiger partial charge on any atom is -0.313 e. The molecule has 0 aliphatic rings. The number of nitrogens with zero attached hydrogens (tertiary/aromatic N) is 2. The van der Waals surface area contributed by atoms with E-state index in [0.717, 1.165) is 12.2 Å². The van der Waals surface area contributed by atoms with Crippen molar-refractivity contribution in [2.75, 3.05) is 7.05 Å². The molecule has 1 N–H and O–H groups in total. The molecule has 0 saturated carbocycles. The fraction of sp³-hybridized carbons (Fsp3) is 0.500. The van der Waals surface area contributed by atoms with E-state index in [0.29, 0.717) is 12.0 Å². The Bertz CT molecular complexity index is 594. The van der Waals surface area contributed by atoms with Crippen LogP contribution in [0, 0.1) is 13.8 Å². The second kappa shape index (κ2) is 6.44. The van der Waals surface area contributed by atoms with Crippen molar-refractivity contribution in [2.45, 2.75) is 53.1 Å². The molecular formula is C18H27N3. The molecule has 1 aromatic carbocycles. The third-order valence-electron chi connectivity index (χ3n) is 4.28. The van der Waals surface area contributed by atoms with Crippen molar-refractivity contribution in [3.05, 3.63) is 52.3 Å². The number of aryl methyl sites for hydroxylation is 1. The molecule has 21 heavy (non-hydrogen) atoms. The van der Waals surface area contributed by atoms with E-state index in [4.69, 9.17) is 5.10 Å². The zero-order valence-electron chi connectivity index (χ0n) is 14.1. The lowest BCUT2D eigenvalue weighted by atomic mass is 10.0. The normalized spacial score (nSPS) is 12.9. The first kappa shape index (κ1) is 15.8. The minimum atomic E-state index is 0.335. The van der Waals surface area contributed by atoms with Crippen LogP contribution in [0.4, 0.5) is 0 Å². The standard InChI is InChI=1S/C18H27N3/c1-12(2)17-9-7-16(8-10-17)11-21-15(5)18(13(3)19-6)14(4)20-21/h7-10,12-13,19H,11H2,1-6H3. The Hall–Kier alpha value is -1.61. The molecule has 0 bridgehead atoms. The van der Waals surface area contributed by atoms with Gasteiger partial charge >= 0.3 is 0 Å². The summed E-state index contributed by atoms with van der Waals surface area (Å²) in [6, 6.07) is 9.22. The molecule has 0 aliphatic heterocycles. The van der Waals surface area contributed by atoms with Crippen LogP contribution >= 0.6 is 0 Å². The summed E-state index contributed by atoms with van der Waals surface area (Å²) in [5.74, 6) is 0.579. The molecule has 3 heteroatoms. The second-order valence-electron chi connectivity index (χ2n) is 6.15. The van der Waals surface area contributed by atoms with Gasteiger partial charge in [0.1, 0.15) is 0 Å². The van der Waals surface area contributed by atoms with Crippen molar-refractivity contribution in [2.24, 2.45) is 0 Å². The first-order valence-electron chi connectivity index (χ1n) is 7.74. The summed E-state index contributed by atoms with van der Waals surface area (Å²) in [5.41, 5.74) is 6.37. The van der Waals surface area contributed by atoms with Crippen LogP contribution in [0.25, 0.3) is 0 Å². The van der Waals surface area contributed by atoms with Crippen LogP contribution in [-0.4, -0.2) is 16.8 Å². The van der Waals surface area contributed by atoms with Crippen molar-refractivity contribution in [1.82, 2.24) is 15.1 Å². The summed E-state index contributed by atoms with van der Waals surface area (Å²) in [4.78, 5) is 0. The summed E-state index contributed by atoms with van der Waals surface area (Å²) >= 11 is 0. The van der Waals surface area contributed by atoms with Gasteiger partial charge in [-0.05, 0) is 44.9 Å². The summed E-state index contributed by atoms with van der Waals surface area (Å²) in [6.45, 7) is 11.7. The van der Waals surface area contributed by atoms with Crippen molar-refractivity contribution < 1.29 is 0 Å². The van der Waals surface area contributed by atoms with Crippen LogP contribution in [0.2, 0.25) is 0 Å². The highest BCUT2D eigenvalue weighted by Crippen LogP contribution is 2.22.